The number of para-hydroxylation sites is 1. The zero-order chi connectivity index (χ0) is 25.3. The van der Waals surface area contributed by atoms with Crippen molar-refractivity contribution < 1.29 is 18.7 Å². The molecular formula is C25H20Cl2FN3O3S. The topological polar surface area (TPSA) is 65.3 Å². The summed E-state index contributed by atoms with van der Waals surface area (Å²) < 4.78 is 23.3. The molecule has 0 saturated heterocycles. The summed E-state index contributed by atoms with van der Waals surface area (Å²) in [5.41, 5.74) is 2.87. The van der Waals surface area contributed by atoms with Gasteiger partial charge in [0, 0.05) is 19.2 Å². The third kappa shape index (κ3) is 4.82. The van der Waals surface area contributed by atoms with Crippen LogP contribution >= 0.6 is 35.4 Å². The van der Waals surface area contributed by atoms with E-state index in [2.05, 4.69) is 5.32 Å². The first-order chi connectivity index (χ1) is 16.7. The van der Waals surface area contributed by atoms with Gasteiger partial charge in [-0.05, 0) is 54.2 Å². The average molecular weight is 532 g/mol. The number of amides is 1. The van der Waals surface area contributed by atoms with E-state index in [1.807, 2.05) is 52.6 Å². The number of fused-ring (bicyclic) bond motifs is 1. The minimum atomic E-state index is -1.05. The van der Waals surface area contributed by atoms with Gasteiger partial charge in [-0.15, -0.1) is 0 Å². The third-order valence-electron chi connectivity index (χ3n) is 5.64. The molecule has 0 fully saturated rings. The molecule has 0 aliphatic heterocycles. The highest BCUT2D eigenvalue weighted by molar-refractivity contribution is 7.71. The SMILES string of the molecule is COC(=O)[C@H](Cc1ccc(-n2c(=S)n(C)c3cccc(Cl)c32)cc1)NC(=O)c1c(F)cccc1Cl. The number of carbonyl (C=O) groups is 2. The molecule has 0 aliphatic carbocycles. The predicted octanol–water partition coefficient (Wildman–Crippen LogP) is 5.66. The number of esters is 1. The van der Waals surface area contributed by atoms with Gasteiger partial charge in [-0.2, -0.15) is 0 Å². The van der Waals surface area contributed by atoms with Crippen molar-refractivity contribution in [2.24, 2.45) is 7.05 Å². The Bertz CT molecular complexity index is 1480. The highest BCUT2D eigenvalue weighted by Gasteiger charge is 2.25. The van der Waals surface area contributed by atoms with Crippen LogP contribution in [-0.4, -0.2) is 34.2 Å². The van der Waals surface area contributed by atoms with Crippen molar-refractivity contribution >= 4 is 58.3 Å². The van der Waals surface area contributed by atoms with Crippen LogP contribution < -0.4 is 5.32 Å². The van der Waals surface area contributed by atoms with E-state index >= 15 is 0 Å². The maximum atomic E-state index is 14.2. The number of benzene rings is 3. The van der Waals surface area contributed by atoms with E-state index in [1.165, 1.54) is 19.2 Å². The second-order valence-electron chi connectivity index (χ2n) is 7.80. The molecule has 4 aromatic rings. The molecule has 1 amide bonds. The van der Waals surface area contributed by atoms with Gasteiger partial charge in [-0.1, -0.05) is 47.5 Å². The van der Waals surface area contributed by atoms with Gasteiger partial charge in [-0.25, -0.2) is 9.18 Å². The smallest absolute Gasteiger partial charge is 0.328 e. The number of carbonyl (C=O) groups excluding carboxylic acids is 2. The molecule has 10 heteroatoms. The van der Waals surface area contributed by atoms with Gasteiger partial charge in [0.15, 0.2) is 4.77 Å². The van der Waals surface area contributed by atoms with Crippen molar-refractivity contribution in [1.29, 1.82) is 0 Å². The normalized spacial score (nSPS) is 11.9. The van der Waals surface area contributed by atoms with Gasteiger partial charge in [0.25, 0.3) is 5.91 Å². The Morgan fingerprint density at radius 1 is 1.06 bits per heavy atom. The number of aryl methyl sites for hydroxylation is 1. The molecule has 0 bridgehead atoms. The third-order valence-corrected chi connectivity index (χ3v) is 6.72. The number of aromatic nitrogens is 2. The Morgan fingerprint density at radius 3 is 2.37 bits per heavy atom. The van der Waals surface area contributed by atoms with E-state index in [0.29, 0.717) is 9.79 Å². The number of rotatable bonds is 6. The molecule has 1 atom stereocenters. The van der Waals surface area contributed by atoms with Crippen molar-refractivity contribution in [2.45, 2.75) is 12.5 Å². The van der Waals surface area contributed by atoms with Crippen molar-refractivity contribution in [3.8, 4) is 5.69 Å². The van der Waals surface area contributed by atoms with Crippen molar-refractivity contribution in [3.63, 3.8) is 0 Å². The second kappa shape index (κ2) is 10.2. The number of hydrogen-bond donors (Lipinski definition) is 1. The summed E-state index contributed by atoms with van der Waals surface area (Å²) in [6.45, 7) is 0. The van der Waals surface area contributed by atoms with E-state index in [4.69, 9.17) is 40.2 Å². The van der Waals surface area contributed by atoms with Crippen molar-refractivity contribution in [3.05, 3.63) is 92.4 Å². The minimum absolute atomic E-state index is 0.0547. The zero-order valence-corrected chi connectivity index (χ0v) is 21.0. The van der Waals surface area contributed by atoms with E-state index in [0.717, 1.165) is 28.4 Å². The molecule has 180 valence electrons. The van der Waals surface area contributed by atoms with Crippen LogP contribution in [0.5, 0.6) is 0 Å². The maximum Gasteiger partial charge on any atom is 0.328 e. The van der Waals surface area contributed by atoms with Crippen LogP contribution in [0, 0.1) is 10.6 Å². The number of nitrogens with zero attached hydrogens (tertiary/aromatic N) is 2. The Morgan fingerprint density at radius 2 is 1.71 bits per heavy atom. The lowest BCUT2D eigenvalue weighted by molar-refractivity contribution is -0.142. The molecule has 35 heavy (non-hydrogen) atoms. The van der Waals surface area contributed by atoms with Gasteiger partial charge >= 0.3 is 5.97 Å². The van der Waals surface area contributed by atoms with Crippen LogP contribution in [0.25, 0.3) is 16.7 Å². The van der Waals surface area contributed by atoms with Crippen LogP contribution in [0.15, 0.2) is 60.7 Å². The van der Waals surface area contributed by atoms with Crippen LogP contribution in [-0.2, 0) is 23.0 Å². The molecule has 1 aromatic heterocycles. The Labute approximate surface area is 215 Å². The molecule has 0 saturated carbocycles. The molecule has 0 aliphatic rings. The summed E-state index contributed by atoms with van der Waals surface area (Å²) in [6, 6.07) is 15.8. The molecule has 4 rings (SSSR count). The van der Waals surface area contributed by atoms with E-state index in [-0.39, 0.29) is 17.0 Å². The number of halogens is 3. The summed E-state index contributed by atoms with van der Waals surface area (Å²) in [4.78, 5) is 25.0. The molecule has 0 unspecified atom stereocenters. The van der Waals surface area contributed by atoms with Gasteiger partial charge in [-0.3, -0.25) is 9.36 Å². The summed E-state index contributed by atoms with van der Waals surface area (Å²) >= 11 is 18.1. The van der Waals surface area contributed by atoms with Gasteiger partial charge in [0.05, 0.1) is 33.8 Å². The quantitative estimate of drug-likeness (QED) is 0.257. The molecule has 3 aromatic carbocycles. The highest BCUT2D eigenvalue weighted by atomic mass is 35.5. The molecule has 0 spiro atoms. The van der Waals surface area contributed by atoms with Crippen molar-refractivity contribution in [1.82, 2.24) is 14.5 Å². The van der Waals surface area contributed by atoms with Gasteiger partial charge in [0.1, 0.15) is 11.9 Å². The van der Waals surface area contributed by atoms with E-state index in [1.54, 1.807) is 6.07 Å². The first-order valence-electron chi connectivity index (χ1n) is 10.5. The standard InChI is InChI=1S/C25H20Cl2FN3O3S/c1-30-20-8-4-6-17(27)22(20)31(25(30)35)15-11-9-14(10-12-15)13-19(24(33)34-2)29-23(32)21-16(26)5-3-7-18(21)28/h3-12,19H,13H2,1-2H3,(H,29,32)/t19-/m0/s1. The Kier molecular flexibility index (Phi) is 7.25. The fraction of sp³-hybridized carbons (Fsp3) is 0.160. The first kappa shape index (κ1) is 24.9. The predicted molar refractivity (Wildman–Crippen MR) is 136 cm³/mol. The summed E-state index contributed by atoms with van der Waals surface area (Å²) in [5, 5.41) is 3.04. The summed E-state index contributed by atoms with van der Waals surface area (Å²) in [7, 11) is 3.09. The average Bonchev–Trinajstić information content (AvgIpc) is 3.10. The monoisotopic (exact) mass is 531 g/mol. The zero-order valence-electron chi connectivity index (χ0n) is 18.7. The number of ether oxygens (including phenoxy) is 1. The van der Waals surface area contributed by atoms with Gasteiger partial charge in [0.2, 0.25) is 0 Å². The van der Waals surface area contributed by atoms with E-state index < -0.39 is 23.7 Å². The second-order valence-corrected chi connectivity index (χ2v) is 8.98. The van der Waals surface area contributed by atoms with Crippen LogP contribution in [0.2, 0.25) is 10.0 Å². The molecule has 1 heterocycles. The van der Waals surface area contributed by atoms with Crippen LogP contribution in [0.1, 0.15) is 15.9 Å². The Hall–Kier alpha value is -3.20. The molecule has 1 N–H and O–H groups in total. The van der Waals surface area contributed by atoms with Crippen molar-refractivity contribution in [2.75, 3.05) is 7.11 Å². The lowest BCUT2D eigenvalue weighted by Gasteiger charge is -2.17. The summed E-state index contributed by atoms with van der Waals surface area (Å²) in [5.74, 6) is -2.26. The maximum absolute atomic E-state index is 14.2. The summed E-state index contributed by atoms with van der Waals surface area (Å²) in [6.07, 6.45) is 0.118. The van der Waals surface area contributed by atoms with E-state index in [9.17, 15) is 14.0 Å². The lowest BCUT2D eigenvalue weighted by atomic mass is 10.0. The van der Waals surface area contributed by atoms with Crippen LogP contribution in [0.4, 0.5) is 4.39 Å². The highest BCUT2D eigenvalue weighted by Crippen LogP contribution is 2.28. The molecule has 6 nitrogen and oxygen atoms in total. The number of nitrogens with one attached hydrogen (secondary N) is 1. The first-order valence-corrected chi connectivity index (χ1v) is 11.7. The lowest BCUT2D eigenvalue weighted by Crippen LogP contribution is -2.43. The fourth-order valence-corrected chi connectivity index (χ4v) is 4.68. The largest absolute Gasteiger partial charge is 0.467 e. The number of imidazole rings is 1. The molecular weight excluding hydrogens is 512 g/mol. The molecule has 0 radical (unpaired) electrons. The number of methoxy groups -OCH3 is 1. The van der Waals surface area contributed by atoms with Crippen LogP contribution in [0.3, 0.4) is 0 Å². The minimum Gasteiger partial charge on any atom is -0.467 e. The number of hydrogen-bond acceptors (Lipinski definition) is 4. The Balaban J connectivity index is 1.62. The fourth-order valence-electron chi connectivity index (χ4n) is 3.88. The van der Waals surface area contributed by atoms with Gasteiger partial charge < -0.3 is 14.6 Å².